The van der Waals surface area contributed by atoms with Gasteiger partial charge in [0.2, 0.25) is 5.91 Å². The zero-order valence-electron chi connectivity index (χ0n) is 17.2. The van der Waals surface area contributed by atoms with Crippen molar-refractivity contribution in [3.63, 3.8) is 0 Å². The molecule has 1 aromatic carbocycles. The van der Waals surface area contributed by atoms with E-state index in [0.29, 0.717) is 13.0 Å². The predicted octanol–water partition coefficient (Wildman–Crippen LogP) is 3.98. The maximum absolute atomic E-state index is 14.2. The SMILES string of the molecule is Cc1ccc(CN2CCC3(CCC(=O)N(CCc4ccccn4)C3)CC2)c(F)c1. The van der Waals surface area contributed by atoms with Crippen LogP contribution in [0.15, 0.2) is 42.6 Å². The van der Waals surface area contributed by atoms with Crippen molar-refractivity contribution in [2.45, 2.75) is 45.6 Å². The van der Waals surface area contributed by atoms with Crippen LogP contribution in [-0.2, 0) is 17.8 Å². The third kappa shape index (κ3) is 4.84. The number of rotatable bonds is 5. The number of amides is 1. The topological polar surface area (TPSA) is 36.4 Å². The van der Waals surface area contributed by atoms with Gasteiger partial charge < -0.3 is 4.90 Å². The van der Waals surface area contributed by atoms with Crippen molar-refractivity contribution in [2.75, 3.05) is 26.2 Å². The van der Waals surface area contributed by atoms with E-state index >= 15 is 0 Å². The number of nitrogens with zero attached hydrogens (tertiary/aromatic N) is 3. The molecular weight excluding hydrogens is 365 g/mol. The molecule has 154 valence electrons. The Hall–Kier alpha value is -2.27. The number of hydrogen-bond acceptors (Lipinski definition) is 3. The van der Waals surface area contributed by atoms with Crippen LogP contribution >= 0.6 is 0 Å². The molecule has 4 rings (SSSR count). The van der Waals surface area contributed by atoms with Gasteiger partial charge in [0, 0.05) is 49.9 Å². The van der Waals surface area contributed by atoms with Crippen molar-refractivity contribution >= 4 is 5.91 Å². The molecule has 4 nitrogen and oxygen atoms in total. The second-order valence-corrected chi connectivity index (χ2v) is 8.76. The number of halogens is 1. The quantitative estimate of drug-likeness (QED) is 0.768. The summed E-state index contributed by atoms with van der Waals surface area (Å²) in [4.78, 5) is 21.2. The second kappa shape index (κ2) is 8.62. The van der Waals surface area contributed by atoms with Gasteiger partial charge in [-0.1, -0.05) is 18.2 Å². The molecule has 3 heterocycles. The van der Waals surface area contributed by atoms with Crippen LogP contribution in [0.4, 0.5) is 4.39 Å². The number of aromatic nitrogens is 1. The summed E-state index contributed by atoms with van der Waals surface area (Å²) in [7, 11) is 0. The number of benzene rings is 1. The molecule has 0 aliphatic carbocycles. The number of piperidine rings is 2. The maximum atomic E-state index is 14.2. The van der Waals surface area contributed by atoms with E-state index in [0.717, 1.165) is 68.7 Å². The van der Waals surface area contributed by atoms with E-state index in [1.54, 1.807) is 12.3 Å². The minimum Gasteiger partial charge on any atom is -0.342 e. The lowest BCUT2D eigenvalue weighted by atomic mass is 9.72. The average Bonchev–Trinajstić information content (AvgIpc) is 2.73. The summed E-state index contributed by atoms with van der Waals surface area (Å²) in [6.45, 7) is 6.12. The van der Waals surface area contributed by atoms with Crippen LogP contribution in [0.1, 0.15) is 42.5 Å². The van der Waals surface area contributed by atoms with Gasteiger partial charge in [0.25, 0.3) is 0 Å². The van der Waals surface area contributed by atoms with E-state index in [2.05, 4.69) is 9.88 Å². The van der Waals surface area contributed by atoms with E-state index in [-0.39, 0.29) is 17.1 Å². The van der Waals surface area contributed by atoms with Crippen molar-refractivity contribution in [1.29, 1.82) is 0 Å². The molecule has 0 saturated carbocycles. The van der Waals surface area contributed by atoms with Crippen molar-refractivity contribution in [3.8, 4) is 0 Å². The Bertz CT molecular complexity index is 846. The summed E-state index contributed by atoms with van der Waals surface area (Å²) in [5.74, 6) is 0.171. The Labute approximate surface area is 172 Å². The van der Waals surface area contributed by atoms with Gasteiger partial charge in [0.1, 0.15) is 5.82 Å². The zero-order chi connectivity index (χ0) is 20.3. The first-order chi connectivity index (χ1) is 14.0. The lowest BCUT2D eigenvalue weighted by Gasteiger charge is -2.47. The van der Waals surface area contributed by atoms with Crippen LogP contribution < -0.4 is 0 Å². The van der Waals surface area contributed by atoms with Gasteiger partial charge >= 0.3 is 0 Å². The highest BCUT2D eigenvalue weighted by molar-refractivity contribution is 5.77. The molecule has 0 bridgehead atoms. The van der Waals surface area contributed by atoms with E-state index in [4.69, 9.17) is 0 Å². The zero-order valence-corrected chi connectivity index (χ0v) is 17.2. The fourth-order valence-electron chi connectivity index (χ4n) is 4.72. The number of pyridine rings is 1. The molecule has 5 heteroatoms. The normalized spacial score (nSPS) is 19.7. The van der Waals surface area contributed by atoms with E-state index in [9.17, 15) is 9.18 Å². The monoisotopic (exact) mass is 395 g/mol. The molecule has 0 N–H and O–H groups in total. The van der Waals surface area contributed by atoms with Gasteiger partial charge in [-0.2, -0.15) is 0 Å². The molecule has 0 radical (unpaired) electrons. The Kier molecular flexibility index (Phi) is 5.95. The van der Waals surface area contributed by atoms with Crippen molar-refractivity contribution in [1.82, 2.24) is 14.8 Å². The first-order valence-electron chi connectivity index (χ1n) is 10.7. The molecule has 1 spiro atoms. The van der Waals surface area contributed by atoms with Gasteiger partial charge in [-0.3, -0.25) is 14.7 Å². The van der Waals surface area contributed by atoms with Gasteiger partial charge in [0.05, 0.1) is 0 Å². The van der Waals surface area contributed by atoms with Crippen LogP contribution in [0.5, 0.6) is 0 Å². The maximum Gasteiger partial charge on any atom is 0.222 e. The molecule has 1 aromatic heterocycles. The molecule has 2 aromatic rings. The van der Waals surface area contributed by atoms with E-state index in [1.165, 1.54) is 0 Å². The third-order valence-electron chi connectivity index (χ3n) is 6.63. The lowest BCUT2D eigenvalue weighted by molar-refractivity contribution is -0.139. The van der Waals surface area contributed by atoms with Crippen LogP contribution in [0.25, 0.3) is 0 Å². The van der Waals surface area contributed by atoms with Gasteiger partial charge in [0.15, 0.2) is 0 Å². The van der Waals surface area contributed by atoms with Crippen LogP contribution in [0.3, 0.4) is 0 Å². The molecule has 29 heavy (non-hydrogen) atoms. The number of carbonyl (C=O) groups excluding carboxylic acids is 1. The van der Waals surface area contributed by atoms with Gasteiger partial charge in [-0.15, -0.1) is 0 Å². The van der Waals surface area contributed by atoms with Crippen LogP contribution in [0.2, 0.25) is 0 Å². The number of carbonyl (C=O) groups is 1. The van der Waals surface area contributed by atoms with Gasteiger partial charge in [-0.05, 0) is 68.5 Å². The molecular formula is C24H30FN3O. The second-order valence-electron chi connectivity index (χ2n) is 8.76. The van der Waals surface area contributed by atoms with Crippen molar-refractivity contribution < 1.29 is 9.18 Å². The molecule has 2 saturated heterocycles. The number of aryl methyl sites for hydroxylation is 1. The fourth-order valence-corrected chi connectivity index (χ4v) is 4.72. The smallest absolute Gasteiger partial charge is 0.222 e. The van der Waals surface area contributed by atoms with E-state index in [1.807, 2.05) is 42.2 Å². The minimum absolute atomic E-state index is 0.103. The molecule has 2 aliphatic heterocycles. The average molecular weight is 396 g/mol. The lowest BCUT2D eigenvalue weighted by Crippen LogP contribution is -2.51. The van der Waals surface area contributed by atoms with Crippen molar-refractivity contribution in [2.24, 2.45) is 5.41 Å². The summed E-state index contributed by atoms with van der Waals surface area (Å²) in [5, 5.41) is 0. The highest BCUT2D eigenvalue weighted by Gasteiger charge is 2.40. The highest BCUT2D eigenvalue weighted by atomic mass is 19.1. The summed E-state index contributed by atoms with van der Waals surface area (Å²) in [5.41, 5.74) is 3.00. The van der Waals surface area contributed by atoms with Crippen LogP contribution in [0, 0.1) is 18.2 Å². The Morgan fingerprint density at radius 1 is 1.14 bits per heavy atom. The standard InChI is InChI=1S/C24H30FN3O/c1-19-5-6-20(22(25)16-19)17-27-14-10-24(11-15-27)9-7-23(29)28(18-24)13-8-21-4-2-3-12-26-21/h2-6,12,16H,7-11,13-15,17-18H2,1H3. The number of hydrogen-bond donors (Lipinski definition) is 0. The Balaban J connectivity index is 1.32. The van der Waals surface area contributed by atoms with Crippen molar-refractivity contribution in [3.05, 3.63) is 65.2 Å². The Morgan fingerprint density at radius 2 is 1.97 bits per heavy atom. The van der Waals surface area contributed by atoms with Crippen LogP contribution in [-0.4, -0.2) is 46.9 Å². The molecule has 2 fully saturated rings. The van der Waals surface area contributed by atoms with E-state index < -0.39 is 0 Å². The molecule has 0 unspecified atom stereocenters. The largest absolute Gasteiger partial charge is 0.342 e. The summed E-state index contributed by atoms with van der Waals surface area (Å²) in [6.07, 6.45) is 6.40. The molecule has 0 atom stereocenters. The van der Waals surface area contributed by atoms with Gasteiger partial charge in [-0.25, -0.2) is 4.39 Å². The first kappa shape index (κ1) is 20.0. The third-order valence-corrected chi connectivity index (χ3v) is 6.63. The predicted molar refractivity (Wildman–Crippen MR) is 112 cm³/mol. The summed E-state index contributed by atoms with van der Waals surface area (Å²) >= 11 is 0. The summed E-state index contributed by atoms with van der Waals surface area (Å²) in [6, 6.07) is 11.4. The first-order valence-corrected chi connectivity index (χ1v) is 10.7. The number of likely N-dealkylation sites (tertiary alicyclic amines) is 2. The minimum atomic E-state index is -0.103. The Morgan fingerprint density at radius 3 is 2.69 bits per heavy atom. The fraction of sp³-hybridized carbons (Fsp3) is 0.500. The summed E-state index contributed by atoms with van der Waals surface area (Å²) < 4.78 is 14.2. The molecule has 2 aliphatic rings. The highest BCUT2D eigenvalue weighted by Crippen LogP contribution is 2.40. The molecule has 1 amide bonds.